The Hall–Kier alpha value is -3.00. The molecule has 0 saturated heterocycles. The van der Waals surface area contributed by atoms with Gasteiger partial charge in [-0.25, -0.2) is 9.00 Å². The van der Waals surface area contributed by atoms with Crippen molar-refractivity contribution in [2.75, 3.05) is 17.0 Å². The highest BCUT2D eigenvalue weighted by Crippen LogP contribution is 2.39. The third-order valence-corrected chi connectivity index (χ3v) is 7.54. The SMILES string of the molecule is CCS(=O)Nc1ccc([C@H]2c3[nH]c4ccc(Cl)cc4c3CCN2C(=O)Oc2ccc(Cl)cc2)cc1. The molecular formula is C26H23Cl2N3O3S. The van der Waals surface area contributed by atoms with Gasteiger partial charge >= 0.3 is 6.09 Å². The molecule has 3 aromatic carbocycles. The van der Waals surface area contributed by atoms with E-state index in [1.165, 1.54) is 0 Å². The highest BCUT2D eigenvalue weighted by molar-refractivity contribution is 7.86. The van der Waals surface area contributed by atoms with Crippen LogP contribution in [0, 0.1) is 0 Å². The maximum Gasteiger partial charge on any atom is 0.416 e. The Morgan fingerprint density at radius 2 is 1.80 bits per heavy atom. The molecule has 6 nitrogen and oxygen atoms in total. The van der Waals surface area contributed by atoms with Crippen LogP contribution in [0.1, 0.15) is 29.8 Å². The molecule has 5 rings (SSSR count). The maximum absolute atomic E-state index is 13.3. The number of halogens is 2. The standard InChI is InChI=1S/C26H23Cl2N3O3S/c1-2-35(33)30-19-8-3-16(4-9-19)25-24-21(22-15-18(28)7-12-23(22)29-24)13-14-31(25)26(32)34-20-10-5-17(27)6-11-20/h3-12,15,25,29-30H,2,13-14H2,1H3/t25-,35?/m0/s1. The minimum Gasteiger partial charge on any atom is -0.410 e. The first kappa shape index (κ1) is 23.7. The Kier molecular flexibility index (Phi) is 6.73. The fourth-order valence-corrected chi connectivity index (χ4v) is 5.24. The number of nitrogens with one attached hydrogen (secondary N) is 2. The van der Waals surface area contributed by atoms with Gasteiger partial charge in [0, 0.05) is 44.6 Å². The number of hydrogen-bond donors (Lipinski definition) is 2. The van der Waals surface area contributed by atoms with Gasteiger partial charge in [0.05, 0.1) is 0 Å². The summed E-state index contributed by atoms with van der Waals surface area (Å²) in [6, 6.07) is 19.7. The van der Waals surface area contributed by atoms with Crippen LogP contribution < -0.4 is 9.46 Å². The molecule has 1 aromatic heterocycles. The van der Waals surface area contributed by atoms with Crippen LogP contribution in [0.15, 0.2) is 66.7 Å². The lowest BCUT2D eigenvalue weighted by Gasteiger charge is -2.35. The number of hydrogen-bond acceptors (Lipinski definition) is 3. The summed E-state index contributed by atoms with van der Waals surface area (Å²) >= 11 is 12.3. The van der Waals surface area contributed by atoms with Crippen LogP contribution in [0.3, 0.4) is 0 Å². The second-order valence-corrected chi connectivity index (χ2v) is 10.6. The zero-order valence-corrected chi connectivity index (χ0v) is 21.2. The highest BCUT2D eigenvalue weighted by atomic mass is 35.5. The molecule has 1 aliphatic heterocycles. The fourth-order valence-electron chi connectivity index (χ4n) is 4.40. The van der Waals surface area contributed by atoms with Crippen LogP contribution in [0.4, 0.5) is 10.5 Å². The molecule has 0 saturated carbocycles. The summed E-state index contributed by atoms with van der Waals surface area (Å²) in [5.41, 5.74) is 4.69. The average molecular weight is 528 g/mol. The molecule has 0 radical (unpaired) electrons. The average Bonchev–Trinajstić information content (AvgIpc) is 3.23. The number of carbonyl (C=O) groups excluding carboxylic acids is 1. The van der Waals surface area contributed by atoms with Crippen LogP contribution in [-0.2, 0) is 17.4 Å². The molecule has 35 heavy (non-hydrogen) atoms. The first-order valence-electron chi connectivity index (χ1n) is 11.2. The molecule has 2 atom stereocenters. The molecule has 0 spiro atoms. The topological polar surface area (TPSA) is 74.4 Å². The number of amides is 1. The zero-order valence-electron chi connectivity index (χ0n) is 18.9. The first-order valence-corrected chi connectivity index (χ1v) is 13.3. The number of aromatic amines is 1. The van der Waals surface area contributed by atoms with Crippen LogP contribution in [0.2, 0.25) is 10.0 Å². The number of aromatic nitrogens is 1. The van der Waals surface area contributed by atoms with E-state index in [1.54, 1.807) is 29.2 Å². The van der Waals surface area contributed by atoms with Gasteiger partial charge in [0.1, 0.15) is 22.8 Å². The van der Waals surface area contributed by atoms with E-state index >= 15 is 0 Å². The van der Waals surface area contributed by atoms with Crippen molar-refractivity contribution in [1.29, 1.82) is 0 Å². The number of benzene rings is 3. The van der Waals surface area contributed by atoms with E-state index in [2.05, 4.69) is 9.71 Å². The van der Waals surface area contributed by atoms with Gasteiger partial charge in [-0.2, -0.15) is 0 Å². The molecule has 9 heteroatoms. The van der Waals surface area contributed by atoms with Gasteiger partial charge in [-0.15, -0.1) is 0 Å². The Balaban J connectivity index is 1.54. The summed E-state index contributed by atoms with van der Waals surface area (Å²) in [5.74, 6) is 0.935. The van der Waals surface area contributed by atoms with Crippen molar-refractivity contribution in [3.63, 3.8) is 0 Å². The van der Waals surface area contributed by atoms with Gasteiger partial charge in [-0.3, -0.25) is 4.90 Å². The molecule has 1 unspecified atom stereocenters. The fraction of sp³-hybridized carbons (Fsp3) is 0.192. The monoisotopic (exact) mass is 527 g/mol. The lowest BCUT2D eigenvalue weighted by atomic mass is 9.92. The third-order valence-electron chi connectivity index (χ3n) is 6.06. The predicted octanol–water partition coefficient (Wildman–Crippen LogP) is 6.72. The van der Waals surface area contributed by atoms with Gasteiger partial charge in [0.15, 0.2) is 0 Å². The van der Waals surface area contributed by atoms with Crippen molar-refractivity contribution in [2.24, 2.45) is 0 Å². The number of carbonyl (C=O) groups is 1. The summed E-state index contributed by atoms with van der Waals surface area (Å²) in [4.78, 5) is 18.6. The Morgan fingerprint density at radius 3 is 2.51 bits per heavy atom. The maximum atomic E-state index is 13.3. The van der Waals surface area contributed by atoms with Gasteiger partial charge < -0.3 is 14.4 Å². The first-order chi connectivity index (χ1) is 16.9. The molecule has 0 aliphatic carbocycles. The summed E-state index contributed by atoms with van der Waals surface area (Å²) in [6.07, 6.45) is 0.214. The molecule has 180 valence electrons. The van der Waals surface area contributed by atoms with E-state index in [9.17, 15) is 9.00 Å². The van der Waals surface area contributed by atoms with E-state index in [4.69, 9.17) is 27.9 Å². The predicted molar refractivity (Wildman–Crippen MR) is 142 cm³/mol. The molecule has 4 aromatic rings. The van der Waals surface area contributed by atoms with Crippen LogP contribution in [0.25, 0.3) is 10.9 Å². The van der Waals surface area contributed by atoms with E-state index < -0.39 is 23.1 Å². The molecule has 2 N–H and O–H groups in total. The van der Waals surface area contributed by atoms with Gasteiger partial charge in [-0.05, 0) is 72.1 Å². The summed E-state index contributed by atoms with van der Waals surface area (Å²) in [7, 11) is -1.14. The number of rotatable bonds is 5. The third kappa shape index (κ3) is 4.89. The number of nitrogens with zero attached hydrogens (tertiary/aromatic N) is 1. The van der Waals surface area contributed by atoms with Gasteiger partial charge in [0.2, 0.25) is 0 Å². The second-order valence-electron chi connectivity index (χ2n) is 8.23. The van der Waals surface area contributed by atoms with Crippen LogP contribution in [-0.4, -0.2) is 32.5 Å². The normalized spacial score (nSPS) is 16.1. The minimum atomic E-state index is -1.14. The van der Waals surface area contributed by atoms with Crippen molar-refractivity contribution < 1.29 is 13.7 Å². The second kappa shape index (κ2) is 9.93. The van der Waals surface area contributed by atoms with E-state index in [1.807, 2.05) is 49.4 Å². The zero-order chi connectivity index (χ0) is 24.5. The van der Waals surface area contributed by atoms with Gasteiger partial charge in [-0.1, -0.05) is 42.3 Å². The molecule has 0 fully saturated rings. The van der Waals surface area contributed by atoms with E-state index in [0.29, 0.717) is 34.5 Å². The largest absolute Gasteiger partial charge is 0.416 e. The lowest BCUT2D eigenvalue weighted by Crippen LogP contribution is -2.42. The molecule has 1 amide bonds. The summed E-state index contributed by atoms with van der Waals surface area (Å²) in [5, 5.41) is 2.29. The Bertz CT molecular complexity index is 1400. The van der Waals surface area contributed by atoms with E-state index in [0.717, 1.165) is 33.4 Å². The molecule has 2 heterocycles. The molecular weight excluding hydrogens is 505 g/mol. The highest BCUT2D eigenvalue weighted by Gasteiger charge is 2.35. The molecule has 1 aliphatic rings. The van der Waals surface area contributed by atoms with Crippen molar-refractivity contribution in [1.82, 2.24) is 9.88 Å². The van der Waals surface area contributed by atoms with Crippen molar-refractivity contribution in [3.8, 4) is 5.75 Å². The number of ether oxygens (including phenoxy) is 1. The van der Waals surface area contributed by atoms with Crippen molar-refractivity contribution in [2.45, 2.75) is 19.4 Å². The Labute approximate surface area is 215 Å². The number of H-pyrrole nitrogens is 1. The lowest BCUT2D eigenvalue weighted by molar-refractivity contribution is 0.135. The minimum absolute atomic E-state index is 0.393. The van der Waals surface area contributed by atoms with E-state index in [-0.39, 0.29) is 0 Å². The summed E-state index contributed by atoms with van der Waals surface area (Å²) < 4.78 is 20.6. The number of anilines is 1. The van der Waals surface area contributed by atoms with Crippen LogP contribution in [0.5, 0.6) is 5.75 Å². The molecule has 0 bridgehead atoms. The van der Waals surface area contributed by atoms with Gasteiger partial charge in [0.25, 0.3) is 0 Å². The van der Waals surface area contributed by atoms with Crippen molar-refractivity contribution >= 4 is 56.9 Å². The quantitative estimate of drug-likeness (QED) is 0.302. The Morgan fingerprint density at radius 1 is 1.09 bits per heavy atom. The van der Waals surface area contributed by atoms with Crippen LogP contribution >= 0.6 is 23.2 Å². The summed E-state index contributed by atoms with van der Waals surface area (Å²) in [6.45, 7) is 2.33. The van der Waals surface area contributed by atoms with Crippen molar-refractivity contribution in [3.05, 3.63) is 93.6 Å². The number of fused-ring (bicyclic) bond motifs is 3. The smallest absolute Gasteiger partial charge is 0.410 e.